The van der Waals surface area contributed by atoms with E-state index in [0.717, 1.165) is 19.4 Å². The molecule has 7 nitrogen and oxygen atoms in total. The van der Waals surface area contributed by atoms with Gasteiger partial charge in [0.2, 0.25) is 0 Å². The average molecular weight is 299 g/mol. The van der Waals surface area contributed by atoms with Gasteiger partial charge < -0.3 is 20.5 Å². The Hall–Kier alpha value is -1.67. The van der Waals surface area contributed by atoms with Crippen molar-refractivity contribution < 1.29 is 19.4 Å². The molecule has 2 heterocycles. The summed E-state index contributed by atoms with van der Waals surface area (Å²) in [6.07, 6.45) is 2.08. The summed E-state index contributed by atoms with van der Waals surface area (Å²) >= 11 is 1.21. The van der Waals surface area contributed by atoms with Crippen molar-refractivity contribution in [3.8, 4) is 0 Å². The Morgan fingerprint density at radius 3 is 3.05 bits per heavy atom. The van der Waals surface area contributed by atoms with Gasteiger partial charge in [0.1, 0.15) is 5.01 Å². The average Bonchev–Trinajstić information content (AvgIpc) is 3.07. The summed E-state index contributed by atoms with van der Waals surface area (Å²) in [4.78, 5) is 26.4. The number of nitrogens with one attached hydrogen (secondary N) is 2. The lowest BCUT2D eigenvalue weighted by atomic mass is 10.2. The number of thiazole rings is 1. The molecule has 2 atom stereocenters. The molecule has 0 aromatic carbocycles. The molecule has 8 heteroatoms. The molecule has 1 saturated heterocycles. The van der Waals surface area contributed by atoms with Gasteiger partial charge in [-0.2, -0.15) is 0 Å². The number of aromatic nitrogens is 1. The van der Waals surface area contributed by atoms with Crippen molar-refractivity contribution in [3.05, 3.63) is 16.1 Å². The van der Waals surface area contributed by atoms with Crippen molar-refractivity contribution in [2.45, 2.75) is 31.9 Å². The van der Waals surface area contributed by atoms with Crippen LogP contribution in [0.25, 0.3) is 0 Å². The largest absolute Gasteiger partial charge is 0.476 e. The zero-order valence-corrected chi connectivity index (χ0v) is 11.9. The van der Waals surface area contributed by atoms with Crippen LogP contribution in [0, 0.1) is 0 Å². The van der Waals surface area contributed by atoms with Gasteiger partial charge in [0.15, 0.2) is 5.69 Å². The molecule has 0 saturated carbocycles. The van der Waals surface area contributed by atoms with E-state index in [9.17, 15) is 9.59 Å². The number of carbonyl (C=O) groups is 2. The summed E-state index contributed by atoms with van der Waals surface area (Å²) in [6, 6.07) is -0.641. The van der Waals surface area contributed by atoms with E-state index < -0.39 is 5.97 Å². The Morgan fingerprint density at radius 2 is 2.45 bits per heavy atom. The molecule has 1 aromatic rings. The van der Waals surface area contributed by atoms with Crippen molar-refractivity contribution >= 4 is 23.3 Å². The molecule has 0 aliphatic carbocycles. The topological polar surface area (TPSA) is 101 Å². The number of ether oxygens (including phenoxy) is 1. The van der Waals surface area contributed by atoms with Gasteiger partial charge in [-0.15, -0.1) is 11.3 Å². The molecule has 0 radical (unpaired) electrons. The molecule has 3 N–H and O–H groups in total. The number of aromatic carboxylic acids is 1. The number of nitrogens with zero attached hydrogens (tertiary/aromatic N) is 1. The van der Waals surface area contributed by atoms with Gasteiger partial charge >= 0.3 is 12.0 Å². The van der Waals surface area contributed by atoms with Crippen molar-refractivity contribution in [2.75, 3.05) is 13.2 Å². The Labute approximate surface area is 120 Å². The number of hydrogen-bond acceptors (Lipinski definition) is 5. The van der Waals surface area contributed by atoms with Crippen LogP contribution in [0.3, 0.4) is 0 Å². The second kappa shape index (κ2) is 6.67. The van der Waals surface area contributed by atoms with Crippen LogP contribution in [0.15, 0.2) is 5.38 Å². The molecule has 2 amide bonds. The highest BCUT2D eigenvalue weighted by molar-refractivity contribution is 7.09. The van der Waals surface area contributed by atoms with E-state index in [4.69, 9.17) is 9.84 Å². The van der Waals surface area contributed by atoms with Crippen LogP contribution < -0.4 is 10.6 Å². The lowest BCUT2D eigenvalue weighted by Crippen LogP contribution is -2.40. The number of urea groups is 1. The fourth-order valence-electron chi connectivity index (χ4n) is 1.91. The van der Waals surface area contributed by atoms with Crippen LogP contribution in [0.4, 0.5) is 4.79 Å². The van der Waals surface area contributed by atoms with Crippen LogP contribution in [0.1, 0.15) is 41.3 Å². The van der Waals surface area contributed by atoms with Crippen LogP contribution in [0.2, 0.25) is 0 Å². The predicted molar refractivity (Wildman–Crippen MR) is 73.0 cm³/mol. The fourth-order valence-corrected chi connectivity index (χ4v) is 2.71. The van der Waals surface area contributed by atoms with E-state index in [2.05, 4.69) is 15.6 Å². The van der Waals surface area contributed by atoms with Crippen LogP contribution in [-0.4, -0.2) is 41.3 Å². The van der Waals surface area contributed by atoms with Gasteiger partial charge in [0, 0.05) is 18.5 Å². The van der Waals surface area contributed by atoms with Crippen molar-refractivity contribution in [3.63, 3.8) is 0 Å². The maximum absolute atomic E-state index is 11.7. The first-order valence-corrected chi connectivity index (χ1v) is 7.29. The third-order valence-corrected chi connectivity index (χ3v) is 4.00. The second-order valence-corrected chi connectivity index (χ2v) is 5.48. The molecule has 1 fully saturated rings. The van der Waals surface area contributed by atoms with Crippen molar-refractivity contribution in [1.29, 1.82) is 0 Å². The monoisotopic (exact) mass is 299 g/mol. The Morgan fingerprint density at radius 1 is 1.65 bits per heavy atom. The summed E-state index contributed by atoms with van der Waals surface area (Å²) in [5, 5.41) is 16.3. The smallest absolute Gasteiger partial charge is 0.355 e. The fraction of sp³-hybridized carbons (Fsp3) is 0.583. The van der Waals surface area contributed by atoms with E-state index in [0.29, 0.717) is 11.6 Å². The Balaban J connectivity index is 1.78. The van der Waals surface area contributed by atoms with Gasteiger partial charge in [-0.1, -0.05) is 0 Å². The Bertz CT molecular complexity index is 485. The molecule has 20 heavy (non-hydrogen) atoms. The number of carbonyl (C=O) groups excluding carboxylic acids is 1. The highest BCUT2D eigenvalue weighted by atomic mass is 32.1. The maximum atomic E-state index is 11.7. The maximum Gasteiger partial charge on any atom is 0.355 e. The molecule has 2 rings (SSSR count). The molecule has 1 aliphatic rings. The molecule has 1 aromatic heterocycles. The molecule has 0 bridgehead atoms. The first-order chi connectivity index (χ1) is 9.56. The molecular weight excluding hydrogens is 282 g/mol. The zero-order chi connectivity index (χ0) is 14.5. The highest BCUT2D eigenvalue weighted by Gasteiger charge is 2.18. The number of carboxylic acids is 1. The molecule has 1 aliphatic heterocycles. The van der Waals surface area contributed by atoms with Gasteiger partial charge in [-0.25, -0.2) is 14.6 Å². The second-order valence-electron chi connectivity index (χ2n) is 4.59. The van der Waals surface area contributed by atoms with E-state index in [1.54, 1.807) is 6.92 Å². The third-order valence-electron chi connectivity index (χ3n) is 2.97. The van der Waals surface area contributed by atoms with Crippen LogP contribution >= 0.6 is 11.3 Å². The normalized spacial score (nSPS) is 19.6. The molecule has 110 valence electrons. The summed E-state index contributed by atoms with van der Waals surface area (Å²) < 4.78 is 5.40. The third kappa shape index (κ3) is 3.91. The quantitative estimate of drug-likeness (QED) is 0.762. The SMILES string of the molecule is CC(NC(=O)NCC1CCCO1)c1nc(C(=O)O)cs1. The van der Waals surface area contributed by atoms with Crippen molar-refractivity contribution in [1.82, 2.24) is 15.6 Å². The predicted octanol–water partition coefficient (Wildman–Crippen LogP) is 1.38. The molecular formula is C12H17N3O4S. The number of rotatable bonds is 5. The van der Waals surface area contributed by atoms with Crippen LogP contribution in [0.5, 0.6) is 0 Å². The molecule has 0 spiro atoms. The first-order valence-electron chi connectivity index (χ1n) is 6.41. The Kier molecular flexibility index (Phi) is 4.91. The van der Waals surface area contributed by atoms with E-state index in [1.165, 1.54) is 16.7 Å². The number of amides is 2. The minimum atomic E-state index is -1.07. The summed E-state index contributed by atoms with van der Waals surface area (Å²) in [6.45, 7) is 2.99. The summed E-state index contributed by atoms with van der Waals surface area (Å²) in [5.74, 6) is -1.07. The van der Waals surface area contributed by atoms with E-state index in [-0.39, 0.29) is 23.9 Å². The first kappa shape index (κ1) is 14.7. The van der Waals surface area contributed by atoms with Gasteiger partial charge in [-0.3, -0.25) is 0 Å². The highest BCUT2D eigenvalue weighted by Crippen LogP contribution is 2.17. The van der Waals surface area contributed by atoms with Crippen molar-refractivity contribution in [2.24, 2.45) is 0 Å². The van der Waals surface area contributed by atoms with Crippen LogP contribution in [-0.2, 0) is 4.74 Å². The molecule has 2 unspecified atom stereocenters. The van der Waals surface area contributed by atoms with E-state index >= 15 is 0 Å². The van der Waals surface area contributed by atoms with Gasteiger partial charge in [0.25, 0.3) is 0 Å². The minimum absolute atomic E-state index is 0.00147. The van der Waals surface area contributed by atoms with Gasteiger partial charge in [-0.05, 0) is 19.8 Å². The standard InChI is InChI=1S/C12H17N3O4S/c1-7(10-15-9(6-20-10)11(16)17)14-12(18)13-5-8-3-2-4-19-8/h6-8H,2-5H2,1H3,(H,16,17)(H2,13,14,18). The lowest BCUT2D eigenvalue weighted by Gasteiger charge is -2.14. The lowest BCUT2D eigenvalue weighted by molar-refractivity contribution is 0.0691. The number of hydrogen-bond donors (Lipinski definition) is 3. The van der Waals surface area contributed by atoms with Gasteiger partial charge in [0.05, 0.1) is 12.1 Å². The minimum Gasteiger partial charge on any atom is -0.476 e. The summed E-state index contributed by atoms with van der Waals surface area (Å²) in [7, 11) is 0. The summed E-state index contributed by atoms with van der Waals surface area (Å²) in [5.41, 5.74) is -0.00147. The zero-order valence-electron chi connectivity index (χ0n) is 11.1. The van der Waals surface area contributed by atoms with E-state index in [1.807, 2.05) is 0 Å². The number of carboxylic acid groups (broad SMARTS) is 1.